The zero-order chi connectivity index (χ0) is 14.7. The average Bonchev–Trinajstić information content (AvgIpc) is 2.43. The fourth-order valence-corrected chi connectivity index (χ4v) is 2.43. The number of fused-ring (bicyclic) bond motifs is 1. The van der Waals surface area contributed by atoms with Crippen molar-refractivity contribution < 1.29 is 4.79 Å². The summed E-state index contributed by atoms with van der Waals surface area (Å²) in [5.41, 5.74) is 8.82. The van der Waals surface area contributed by atoms with Gasteiger partial charge in [0.2, 0.25) is 5.91 Å². The number of anilines is 1. The molecular formula is C14H20N4OS. The van der Waals surface area contributed by atoms with Crippen molar-refractivity contribution in [3.63, 3.8) is 0 Å². The van der Waals surface area contributed by atoms with E-state index in [0.29, 0.717) is 10.8 Å². The number of thiocarbonyl (C=S) groups is 1. The zero-order valence-corrected chi connectivity index (χ0v) is 12.7. The van der Waals surface area contributed by atoms with E-state index in [0.717, 1.165) is 30.5 Å². The fraction of sp³-hybridized carbons (Fsp3) is 0.500. The highest BCUT2D eigenvalue weighted by Crippen LogP contribution is 2.24. The van der Waals surface area contributed by atoms with Crippen LogP contribution in [0.5, 0.6) is 0 Å². The highest BCUT2D eigenvalue weighted by Gasteiger charge is 2.17. The first-order valence-electron chi connectivity index (χ1n) is 6.75. The van der Waals surface area contributed by atoms with Crippen LogP contribution in [-0.4, -0.2) is 41.4 Å². The lowest BCUT2D eigenvalue weighted by Gasteiger charge is -2.19. The van der Waals surface area contributed by atoms with Gasteiger partial charge in [0.15, 0.2) is 0 Å². The summed E-state index contributed by atoms with van der Waals surface area (Å²) in [5, 5.41) is 3.06. The van der Waals surface area contributed by atoms with Gasteiger partial charge in [0.25, 0.3) is 0 Å². The van der Waals surface area contributed by atoms with Gasteiger partial charge < -0.3 is 16.0 Å². The number of rotatable bonds is 4. The summed E-state index contributed by atoms with van der Waals surface area (Å²) in [7, 11) is 3.44. The Morgan fingerprint density at radius 2 is 2.15 bits per heavy atom. The third-order valence-corrected chi connectivity index (χ3v) is 3.69. The quantitative estimate of drug-likeness (QED) is 0.813. The van der Waals surface area contributed by atoms with Crippen LogP contribution in [0.4, 0.5) is 5.82 Å². The van der Waals surface area contributed by atoms with Gasteiger partial charge in [-0.1, -0.05) is 12.2 Å². The standard InChI is InChI=1S/C14H20N4OS/c1-18(2)12(19)8-16-14-10(13(15)20)7-9-5-3-4-6-11(9)17-14/h7H,3-6,8H2,1-2H3,(H2,15,20)(H,16,17). The Bertz CT molecular complexity index is 542. The zero-order valence-electron chi connectivity index (χ0n) is 11.9. The first-order valence-corrected chi connectivity index (χ1v) is 7.16. The summed E-state index contributed by atoms with van der Waals surface area (Å²) < 4.78 is 0. The molecule has 0 spiro atoms. The summed E-state index contributed by atoms with van der Waals surface area (Å²) in [4.78, 5) is 18.1. The van der Waals surface area contributed by atoms with Crippen LogP contribution in [0.15, 0.2) is 6.07 Å². The molecule has 5 nitrogen and oxygen atoms in total. The Balaban J connectivity index is 2.26. The van der Waals surface area contributed by atoms with Gasteiger partial charge in [0.05, 0.1) is 12.1 Å². The second-order valence-electron chi connectivity index (χ2n) is 5.20. The molecule has 0 radical (unpaired) electrons. The average molecular weight is 292 g/mol. The maximum absolute atomic E-state index is 11.7. The molecule has 0 saturated heterocycles. The van der Waals surface area contributed by atoms with Crippen molar-refractivity contribution in [3.05, 3.63) is 22.9 Å². The Morgan fingerprint density at radius 1 is 1.45 bits per heavy atom. The number of nitrogens with zero attached hydrogens (tertiary/aromatic N) is 2. The Hall–Kier alpha value is -1.69. The normalized spacial score (nSPS) is 13.5. The van der Waals surface area contributed by atoms with E-state index in [4.69, 9.17) is 18.0 Å². The molecule has 2 rings (SSSR count). The van der Waals surface area contributed by atoms with Crippen LogP contribution in [0.2, 0.25) is 0 Å². The van der Waals surface area contributed by atoms with E-state index in [-0.39, 0.29) is 12.5 Å². The minimum Gasteiger partial charge on any atom is -0.389 e. The van der Waals surface area contributed by atoms with E-state index in [1.54, 1.807) is 14.1 Å². The monoisotopic (exact) mass is 292 g/mol. The molecule has 1 aliphatic carbocycles. The summed E-state index contributed by atoms with van der Waals surface area (Å²) in [6, 6.07) is 2.02. The predicted molar refractivity (Wildman–Crippen MR) is 84.0 cm³/mol. The first kappa shape index (κ1) is 14.7. The molecule has 1 aromatic rings. The fourth-order valence-electron chi connectivity index (χ4n) is 2.27. The molecule has 1 aromatic heterocycles. The molecule has 1 amide bonds. The molecule has 0 fully saturated rings. The molecule has 1 aliphatic rings. The van der Waals surface area contributed by atoms with Gasteiger partial charge in [-0.2, -0.15) is 0 Å². The Labute approximate surface area is 124 Å². The number of pyridine rings is 1. The predicted octanol–water partition coefficient (Wildman–Crippen LogP) is 1.09. The van der Waals surface area contributed by atoms with Crippen LogP contribution in [-0.2, 0) is 17.6 Å². The molecule has 3 N–H and O–H groups in total. The molecule has 0 saturated carbocycles. The number of nitrogens with one attached hydrogen (secondary N) is 1. The number of carbonyl (C=O) groups excluding carboxylic acids is 1. The number of amides is 1. The number of nitrogens with two attached hydrogens (primary N) is 1. The van der Waals surface area contributed by atoms with E-state index in [9.17, 15) is 4.79 Å². The second-order valence-corrected chi connectivity index (χ2v) is 5.64. The largest absolute Gasteiger partial charge is 0.389 e. The van der Waals surface area contributed by atoms with Crippen molar-refractivity contribution in [2.24, 2.45) is 5.73 Å². The van der Waals surface area contributed by atoms with Gasteiger partial charge in [0, 0.05) is 19.8 Å². The molecule has 0 aliphatic heterocycles. The van der Waals surface area contributed by atoms with Gasteiger partial charge in [-0.05, 0) is 37.3 Å². The molecule has 108 valence electrons. The van der Waals surface area contributed by atoms with Crippen molar-refractivity contribution in [3.8, 4) is 0 Å². The number of hydrogen-bond acceptors (Lipinski definition) is 4. The van der Waals surface area contributed by atoms with Crippen LogP contribution in [0, 0.1) is 0 Å². The van der Waals surface area contributed by atoms with Crippen molar-refractivity contribution in [2.75, 3.05) is 26.0 Å². The summed E-state index contributed by atoms with van der Waals surface area (Å²) >= 11 is 5.09. The minimum atomic E-state index is -0.0154. The number of likely N-dealkylation sites (N-methyl/N-ethyl adjacent to an activating group) is 1. The molecule has 0 atom stereocenters. The number of carbonyl (C=O) groups is 1. The second kappa shape index (κ2) is 6.17. The third kappa shape index (κ3) is 3.25. The van der Waals surface area contributed by atoms with Gasteiger partial charge in [-0.3, -0.25) is 4.79 Å². The van der Waals surface area contributed by atoms with Gasteiger partial charge in [-0.15, -0.1) is 0 Å². The minimum absolute atomic E-state index is 0.0154. The maximum atomic E-state index is 11.7. The van der Waals surface area contributed by atoms with E-state index in [2.05, 4.69) is 10.3 Å². The van der Waals surface area contributed by atoms with Gasteiger partial charge in [-0.25, -0.2) is 4.98 Å². The van der Waals surface area contributed by atoms with Crippen LogP contribution in [0.25, 0.3) is 0 Å². The van der Waals surface area contributed by atoms with E-state index < -0.39 is 0 Å². The lowest BCUT2D eigenvalue weighted by atomic mass is 9.94. The van der Waals surface area contributed by atoms with Gasteiger partial charge >= 0.3 is 0 Å². The molecule has 0 unspecified atom stereocenters. The molecule has 0 bridgehead atoms. The molecule has 0 aromatic carbocycles. The smallest absolute Gasteiger partial charge is 0.241 e. The Morgan fingerprint density at radius 3 is 2.80 bits per heavy atom. The number of aryl methyl sites for hydroxylation is 2. The van der Waals surface area contributed by atoms with E-state index >= 15 is 0 Å². The molecule has 20 heavy (non-hydrogen) atoms. The van der Waals surface area contributed by atoms with Crippen molar-refractivity contribution in [2.45, 2.75) is 25.7 Å². The number of hydrogen-bond donors (Lipinski definition) is 2. The van der Waals surface area contributed by atoms with Crippen LogP contribution >= 0.6 is 12.2 Å². The lowest BCUT2D eigenvalue weighted by Crippen LogP contribution is -2.30. The SMILES string of the molecule is CN(C)C(=O)CNc1nc2c(cc1C(N)=S)CCCC2. The van der Waals surface area contributed by atoms with Crippen molar-refractivity contribution in [1.29, 1.82) is 0 Å². The molecular weight excluding hydrogens is 272 g/mol. The maximum Gasteiger partial charge on any atom is 0.241 e. The van der Waals surface area contributed by atoms with E-state index in [1.165, 1.54) is 16.9 Å². The lowest BCUT2D eigenvalue weighted by molar-refractivity contribution is -0.126. The summed E-state index contributed by atoms with van der Waals surface area (Å²) in [6.45, 7) is 0.189. The van der Waals surface area contributed by atoms with Crippen LogP contribution in [0.3, 0.4) is 0 Å². The van der Waals surface area contributed by atoms with E-state index in [1.807, 2.05) is 6.07 Å². The summed E-state index contributed by atoms with van der Waals surface area (Å²) in [6.07, 6.45) is 4.33. The van der Waals surface area contributed by atoms with Gasteiger partial charge in [0.1, 0.15) is 10.8 Å². The highest BCUT2D eigenvalue weighted by atomic mass is 32.1. The third-order valence-electron chi connectivity index (χ3n) is 3.47. The molecule has 1 heterocycles. The highest BCUT2D eigenvalue weighted by molar-refractivity contribution is 7.80. The van der Waals surface area contributed by atoms with Crippen molar-refractivity contribution >= 4 is 28.9 Å². The topological polar surface area (TPSA) is 71.2 Å². The first-order chi connectivity index (χ1) is 9.49. The summed E-state index contributed by atoms with van der Waals surface area (Å²) in [5.74, 6) is 0.603. The number of aromatic nitrogens is 1. The van der Waals surface area contributed by atoms with Crippen LogP contribution < -0.4 is 11.1 Å². The van der Waals surface area contributed by atoms with Crippen LogP contribution in [0.1, 0.15) is 29.7 Å². The molecule has 6 heteroatoms. The van der Waals surface area contributed by atoms with Crippen molar-refractivity contribution in [1.82, 2.24) is 9.88 Å². The Kier molecular flexibility index (Phi) is 4.54.